The number of nitriles is 1. The van der Waals surface area contributed by atoms with Crippen molar-refractivity contribution in [3.63, 3.8) is 0 Å². The fourth-order valence-corrected chi connectivity index (χ4v) is 4.20. The van der Waals surface area contributed by atoms with Crippen LogP contribution in [0.5, 0.6) is 0 Å². The van der Waals surface area contributed by atoms with Gasteiger partial charge >= 0.3 is 6.18 Å². The summed E-state index contributed by atoms with van der Waals surface area (Å²) in [6, 6.07) is 11.8. The van der Waals surface area contributed by atoms with Crippen LogP contribution >= 0.6 is 0 Å². The second kappa shape index (κ2) is 8.35. The molecule has 0 saturated carbocycles. The lowest BCUT2D eigenvalue weighted by Gasteiger charge is -2.13. The quantitative estimate of drug-likeness (QED) is 0.434. The van der Waals surface area contributed by atoms with Crippen LogP contribution in [-0.2, 0) is 16.0 Å². The highest BCUT2D eigenvalue weighted by Gasteiger charge is 2.31. The molecule has 0 aliphatic carbocycles. The first-order chi connectivity index (χ1) is 16.0. The van der Waals surface area contributed by atoms with Gasteiger partial charge in [-0.1, -0.05) is 19.1 Å². The van der Waals surface area contributed by atoms with Crippen molar-refractivity contribution in [3.05, 3.63) is 76.3 Å². The van der Waals surface area contributed by atoms with Gasteiger partial charge in [0.15, 0.2) is 15.7 Å². The molecule has 0 atom stereocenters. The summed E-state index contributed by atoms with van der Waals surface area (Å²) in [4.78, 5) is 20.8. The van der Waals surface area contributed by atoms with E-state index in [4.69, 9.17) is 5.26 Å². The molecule has 0 radical (unpaired) electrons. The number of fused-ring (bicyclic) bond motifs is 1. The maximum Gasteiger partial charge on any atom is 0.417 e. The van der Waals surface area contributed by atoms with Crippen molar-refractivity contribution in [1.29, 1.82) is 5.26 Å². The minimum absolute atomic E-state index is 0.153. The Balaban J connectivity index is 1.96. The van der Waals surface area contributed by atoms with Gasteiger partial charge in [-0.3, -0.25) is 4.79 Å². The molecule has 8 nitrogen and oxygen atoms in total. The van der Waals surface area contributed by atoms with Crippen LogP contribution in [0.1, 0.15) is 18.1 Å². The van der Waals surface area contributed by atoms with Crippen LogP contribution in [0.2, 0.25) is 0 Å². The minimum atomic E-state index is -4.66. The summed E-state index contributed by atoms with van der Waals surface area (Å²) in [7, 11) is -3.86. The summed E-state index contributed by atoms with van der Waals surface area (Å²) in [5, 5.41) is 12.7. The van der Waals surface area contributed by atoms with Crippen LogP contribution in [0.25, 0.3) is 28.0 Å². The fourth-order valence-electron chi connectivity index (χ4n) is 3.20. The molecule has 0 aliphatic rings. The van der Waals surface area contributed by atoms with Gasteiger partial charge in [0.1, 0.15) is 10.4 Å². The zero-order valence-electron chi connectivity index (χ0n) is 17.4. The molecular weight excluding hydrogens is 471 g/mol. The van der Waals surface area contributed by atoms with Crippen molar-refractivity contribution in [2.75, 3.05) is 5.75 Å². The Morgan fingerprint density at radius 3 is 2.41 bits per heavy atom. The summed E-state index contributed by atoms with van der Waals surface area (Å²) in [5.41, 5.74) is -1.05. The highest BCUT2D eigenvalue weighted by Crippen LogP contribution is 2.30. The second-order valence-corrected chi connectivity index (χ2v) is 9.38. The van der Waals surface area contributed by atoms with E-state index in [1.54, 1.807) is 24.3 Å². The number of halogens is 3. The summed E-state index contributed by atoms with van der Waals surface area (Å²) in [6.07, 6.45) is -3.13. The van der Waals surface area contributed by atoms with E-state index < -0.39 is 27.1 Å². The SMILES string of the molecule is CCS(=O)(=O)c1ccc(-c2ccc(C#N)cc2)nc1-n1ncc2cc(C(F)(F)F)cnc2c1=O. The van der Waals surface area contributed by atoms with Crippen LogP contribution in [0.15, 0.2) is 64.5 Å². The van der Waals surface area contributed by atoms with E-state index in [2.05, 4.69) is 15.1 Å². The van der Waals surface area contributed by atoms with Crippen LogP contribution in [0.3, 0.4) is 0 Å². The lowest BCUT2D eigenvalue weighted by atomic mass is 10.1. The van der Waals surface area contributed by atoms with Crippen molar-refractivity contribution < 1.29 is 21.6 Å². The van der Waals surface area contributed by atoms with Gasteiger partial charge in [0, 0.05) is 17.1 Å². The van der Waals surface area contributed by atoms with E-state index in [9.17, 15) is 26.4 Å². The number of hydrogen-bond donors (Lipinski definition) is 0. The number of aromatic nitrogens is 4. The number of pyridine rings is 2. The van der Waals surface area contributed by atoms with Gasteiger partial charge in [-0.15, -0.1) is 0 Å². The van der Waals surface area contributed by atoms with Crippen LogP contribution < -0.4 is 5.56 Å². The van der Waals surface area contributed by atoms with Crippen molar-refractivity contribution in [3.8, 4) is 23.1 Å². The number of alkyl halides is 3. The van der Waals surface area contributed by atoms with Crippen LogP contribution in [-0.4, -0.2) is 33.9 Å². The largest absolute Gasteiger partial charge is 0.417 e. The second-order valence-electron chi connectivity index (χ2n) is 7.13. The maximum atomic E-state index is 13.1. The number of benzene rings is 1. The number of sulfone groups is 1. The molecule has 0 N–H and O–H groups in total. The third kappa shape index (κ3) is 4.13. The van der Waals surface area contributed by atoms with Gasteiger partial charge in [-0.2, -0.15) is 28.2 Å². The Kier molecular flexibility index (Phi) is 5.66. The topological polar surface area (TPSA) is 119 Å². The predicted octanol–water partition coefficient (Wildman–Crippen LogP) is 3.53. The zero-order chi connectivity index (χ0) is 24.7. The zero-order valence-corrected chi connectivity index (χ0v) is 18.2. The monoisotopic (exact) mass is 485 g/mol. The Bertz CT molecular complexity index is 1620. The van der Waals surface area contributed by atoms with E-state index in [0.717, 1.165) is 12.3 Å². The van der Waals surface area contributed by atoms with E-state index in [0.29, 0.717) is 27.7 Å². The third-order valence-corrected chi connectivity index (χ3v) is 6.77. The van der Waals surface area contributed by atoms with Crippen molar-refractivity contribution >= 4 is 20.7 Å². The summed E-state index contributed by atoms with van der Waals surface area (Å²) in [5.74, 6) is -0.592. The van der Waals surface area contributed by atoms with Crippen molar-refractivity contribution in [2.24, 2.45) is 0 Å². The lowest BCUT2D eigenvalue weighted by Crippen LogP contribution is -2.25. The Morgan fingerprint density at radius 2 is 1.79 bits per heavy atom. The Morgan fingerprint density at radius 1 is 1.09 bits per heavy atom. The first kappa shape index (κ1) is 23.1. The van der Waals surface area contributed by atoms with E-state index in [-0.39, 0.29) is 27.4 Å². The average molecular weight is 485 g/mol. The van der Waals surface area contributed by atoms with Gasteiger partial charge in [-0.05, 0) is 30.3 Å². The average Bonchev–Trinajstić information content (AvgIpc) is 2.83. The Hall–Kier alpha value is -4.11. The molecular formula is C22H14F3N5O3S. The molecule has 0 aliphatic heterocycles. The molecule has 3 aromatic heterocycles. The third-order valence-electron chi connectivity index (χ3n) is 5.02. The highest BCUT2D eigenvalue weighted by atomic mass is 32.2. The molecule has 12 heteroatoms. The molecule has 172 valence electrons. The number of hydrogen-bond acceptors (Lipinski definition) is 7. The molecule has 3 heterocycles. The van der Waals surface area contributed by atoms with Crippen molar-refractivity contribution in [2.45, 2.75) is 18.0 Å². The minimum Gasteiger partial charge on any atom is -0.265 e. The van der Waals surface area contributed by atoms with E-state index >= 15 is 0 Å². The summed E-state index contributed by atoms with van der Waals surface area (Å²) in [6.45, 7) is 1.42. The fraction of sp³-hybridized carbons (Fsp3) is 0.136. The number of nitrogens with zero attached hydrogens (tertiary/aromatic N) is 5. The van der Waals surface area contributed by atoms with Gasteiger partial charge in [-0.25, -0.2) is 18.4 Å². The molecule has 0 spiro atoms. The molecule has 0 bridgehead atoms. The first-order valence-electron chi connectivity index (χ1n) is 9.75. The lowest BCUT2D eigenvalue weighted by molar-refractivity contribution is -0.137. The van der Waals surface area contributed by atoms with E-state index in [1.807, 2.05) is 6.07 Å². The summed E-state index contributed by atoms with van der Waals surface area (Å²) >= 11 is 0. The molecule has 0 amide bonds. The normalized spacial score (nSPS) is 12.0. The molecule has 0 saturated heterocycles. The van der Waals surface area contributed by atoms with Crippen LogP contribution in [0.4, 0.5) is 13.2 Å². The van der Waals surface area contributed by atoms with Gasteiger partial charge < -0.3 is 0 Å². The molecule has 4 aromatic rings. The number of rotatable bonds is 4. The maximum absolute atomic E-state index is 13.1. The Labute approximate surface area is 190 Å². The predicted molar refractivity (Wildman–Crippen MR) is 116 cm³/mol. The van der Waals surface area contributed by atoms with Gasteiger partial charge in [0.05, 0.1) is 34.8 Å². The summed E-state index contributed by atoms with van der Waals surface area (Å²) < 4.78 is 65.1. The van der Waals surface area contributed by atoms with Gasteiger partial charge in [0.25, 0.3) is 5.56 Å². The van der Waals surface area contributed by atoms with Crippen LogP contribution in [0, 0.1) is 11.3 Å². The van der Waals surface area contributed by atoms with Gasteiger partial charge in [0.2, 0.25) is 0 Å². The molecule has 0 unspecified atom stereocenters. The standard InChI is InChI=1S/C22H14F3N5O3S/c1-2-34(32,33)18-8-7-17(14-5-3-13(10-26)4-6-14)29-20(18)30-21(31)19-15(11-28-30)9-16(12-27-19)22(23,24)25/h3-9,11-12H,2H2,1H3. The molecule has 0 fully saturated rings. The molecule has 4 rings (SSSR count). The highest BCUT2D eigenvalue weighted by molar-refractivity contribution is 7.91. The van der Waals surface area contributed by atoms with Crippen molar-refractivity contribution in [1.82, 2.24) is 19.7 Å². The molecule has 34 heavy (non-hydrogen) atoms. The first-order valence-corrected chi connectivity index (χ1v) is 11.4. The van der Waals surface area contributed by atoms with E-state index in [1.165, 1.54) is 19.1 Å². The smallest absolute Gasteiger partial charge is 0.265 e. The molecule has 1 aromatic carbocycles.